The zero-order chi connectivity index (χ0) is 26.0. The van der Waals surface area contributed by atoms with Crippen molar-refractivity contribution >= 4 is 28.5 Å². The van der Waals surface area contributed by atoms with Gasteiger partial charge < -0.3 is 28.5 Å². The number of aliphatic carboxylic acids is 1. The summed E-state index contributed by atoms with van der Waals surface area (Å²) in [6, 6.07) is 7.87. The van der Waals surface area contributed by atoms with Gasteiger partial charge in [0.05, 0.1) is 41.7 Å². The summed E-state index contributed by atoms with van der Waals surface area (Å²) in [6.45, 7) is 0.0650. The highest BCUT2D eigenvalue weighted by Crippen LogP contribution is 2.43. The number of ether oxygens (including phenoxy) is 4. The number of carboxylic acids is 1. The van der Waals surface area contributed by atoms with Gasteiger partial charge in [0.15, 0.2) is 22.5 Å². The first-order valence-electron chi connectivity index (χ1n) is 10.7. The molecule has 4 rings (SSSR count). The molecule has 0 bridgehead atoms. The van der Waals surface area contributed by atoms with E-state index < -0.39 is 29.4 Å². The maximum Gasteiger partial charge on any atom is 0.573 e. The molecule has 36 heavy (non-hydrogen) atoms. The highest BCUT2D eigenvalue weighted by Gasteiger charge is 2.35. The largest absolute Gasteiger partial charge is 0.573 e. The quantitative estimate of drug-likeness (QED) is 0.374. The van der Waals surface area contributed by atoms with Crippen molar-refractivity contribution in [2.24, 2.45) is 5.92 Å². The number of hydrogen-bond donors (Lipinski definition) is 1. The number of carboxylic acid groups (broad SMARTS) is 1. The van der Waals surface area contributed by atoms with E-state index in [0.29, 0.717) is 12.8 Å². The molecule has 12 heteroatoms. The monoisotopic (exact) mass is 528 g/mol. The molecule has 0 unspecified atom stereocenters. The van der Waals surface area contributed by atoms with Gasteiger partial charge in [0, 0.05) is 12.1 Å². The highest BCUT2D eigenvalue weighted by molar-refractivity contribution is 6.34. The molecule has 1 heterocycles. The Labute approximate surface area is 207 Å². The summed E-state index contributed by atoms with van der Waals surface area (Å²) in [6.07, 6.45) is -4.45. The van der Waals surface area contributed by atoms with E-state index in [2.05, 4.69) is 4.74 Å². The summed E-state index contributed by atoms with van der Waals surface area (Å²) in [4.78, 5) is 23.6. The number of fused-ring (bicyclic) bond motifs is 1. The smallest absolute Gasteiger partial charge is 0.493 e. The van der Waals surface area contributed by atoms with Gasteiger partial charge in [0.1, 0.15) is 18.1 Å². The van der Waals surface area contributed by atoms with E-state index in [1.807, 2.05) is 0 Å². The van der Waals surface area contributed by atoms with Crippen molar-refractivity contribution in [1.82, 2.24) is 0 Å². The average Bonchev–Trinajstić information content (AvgIpc) is 2.77. The first-order valence-corrected chi connectivity index (χ1v) is 11.1. The molecule has 0 saturated heterocycles. The van der Waals surface area contributed by atoms with Crippen LogP contribution in [-0.4, -0.2) is 43.9 Å². The Balaban J connectivity index is 1.65. The van der Waals surface area contributed by atoms with E-state index in [9.17, 15) is 22.8 Å². The first kappa shape index (κ1) is 25.6. The predicted molar refractivity (Wildman–Crippen MR) is 122 cm³/mol. The molecule has 8 nitrogen and oxygen atoms in total. The molecule has 1 saturated carbocycles. The van der Waals surface area contributed by atoms with Gasteiger partial charge in [-0.1, -0.05) is 17.7 Å². The Kier molecular flexibility index (Phi) is 7.32. The lowest BCUT2D eigenvalue weighted by atomic mass is 9.82. The van der Waals surface area contributed by atoms with E-state index in [0.717, 1.165) is 19.2 Å². The fourth-order valence-corrected chi connectivity index (χ4v) is 3.98. The van der Waals surface area contributed by atoms with Crippen molar-refractivity contribution in [3.05, 3.63) is 51.6 Å². The maximum atomic E-state index is 13.0. The van der Waals surface area contributed by atoms with E-state index in [1.54, 1.807) is 6.07 Å². The molecule has 1 fully saturated rings. The van der Waals surface area contributed by atoms with E-state index in [-0.39, 0.29) is 58.1 Å². The molecule has 1 aliphatic rings. The molecule has 3 aromatic rings. The van der Waals surface area contributed by atoms with Crippen molar-refractivity contribution < 1.29 is 46.4 Å². The summed E-state index contributed by atoms with van der Waals surface area (Å²) < 4.78 is 65.3. The number of carbonyl (C=O) groups is 1. The second kappa shape index (κ2) is 10.3. The van der Waals surface area contributed by atoms with Gasteiger partial charge in [-0.25, -0.2) is 0 Å². The molecule has 0 aliphatic heterocycles. The fraction of sp³-hybridized carbons (Fsp3) is 0.333. The van der Waals surface area contributed by atoms with Crippen molar-refractivity contribution in [2.45, 2.75) is 25.3 Å². The fourth-order valence-electron chi connectivity index (χ4n) is 3.76. The van der Waals surface area contributed by atoms with Gasteiger partial charge in [-0.05, 0) is 31.0 Å². The van der Waals surface area contributed by atoms with Crippen LogP contribution in [-0.2, 0) is 9.53 Å². The molecule has 0 amide bonds. The molecule has 0 spiro atoms. The third-order valence-corrected chi connectivity index (χ3v) is 5.90. The summed E-state index contributed by atoms with van der Waals surface area (Å²) in [5, 5.41) is 9.28. The van der Waals surface area contributed by atoms with Crippen LogP contribution >= 0.6 is 11.6 Å². The lowest BCUT2D eigenvalue weighted by Gasteiger charge is -2.32. The van der Waals surface area contributed by atoms with Crippen molar-refractivity contribution in [3.63, 3.8) is 0 Å². The Bertz CT molecular complexity index is 1330. The maximum absolute atomic E-state index is 13.0. The number of hydrogen-bond acceptors (Lipinski definition) is 7. The third-order valence-electron chi connectivity index (χ3n) is 5.60. The van der Waals surface area contributed by atoms with Crippen molar-refractivity contribution in [3.8, 4) is 28.6 Å². The molecule has 192 valence electrons. The number of benzene rings is 2. The molecule has 2 aromatic carbocycles. The van der Waals surface area contributed by atoms with Crippen LogP contribution in [0.2, 0.25) is 5.02 Å². The Morgan fingerprint density at radius 3 is 2.56 bits per heavy atom. The molecule has 0 radical (unpaired) electrons. The molecular formula is C24H20ClF3O8. The minimum absolute atomic E-state index is 0.0106. The van der Waals surface area contributed by atoms with Crippen LogP contribution in [0, 0.1) is 5.92 Å². The normalized spacial score (nSPS) is 17.5. The van der Waals surface area contributed by atoms with Gasteiger partial charge in [0.2, 0.25) is 0 Å². The number of halogens is 4. The molecule has 1 aromatic heterocycles. The van der Waals surface area contributed by atoms with Gasteiger partial charge in [-0.2, -0.15) is 0 Å². The highest BCUT2D eigenvalue weighted by atomic mass is 35.5. The van der Waals surface area contributed by atoms with Gasteiger partial charge in [0.25, 0.3) is 0 Å². The first-order chi connectivity index (χ1) is 17.1. The van der Waals surface area contributed by atoms with E-state index in [4.69, 9.17) is 35.3 Å². The van der Waals surface area contributed by atoms with Crippen molar-refractivity contribution in [2.75, 3.05) is 20.3 Å². The number of rotatable bonds is 9. The van der Waals surface area contributed by atoms with Crippen LogP contribution in [0.25, 0.3) is 22.3 Å². The molecular weight excluding hydrogens is 509 g/mol. The Morgan fingerprint density at radius 1 is 1.14 bits per heavy atom. The SMILES string of the molecule is COc1cc(OCCO[C@H]2C[C@@H](C(=O)O)C2)c(-c2cc(=O)c3cccc(Cl)c3o2)cc1OC(F)(F)F. The van der Waals surface area contributed by atoms with Crippen LogP contribution in [0.15, 0.2) is 45.6 Å². The minimum atomic E-state index is -5.01. The average molecular weight is 529 g/mol. The minimum Gasteiger partial charge on any atom is -0.493 e. The number of para-hydroxylation sites is 1. The summed E-state index contributed by atoms with van der Waals surface area (Å²) in [7, 11) is 1.16. The Morgan fingerprint density at radius 2 is 1.89 bits per heavy atom. The Hall–Kier alpha value is -3.44. The van der Waals surface area contributed by atoms with Gasteiger partial charge in [-0.15, -0.1) is 13.2 Å². The molecule has 1 N–H and O–H groups in total. The standard InChI is InChI=1S/C24H20ClF3O8/c1-32-20-11-18(34-6-5-33-13-7-12(8-13)23(30)31)15(9-21(20)36-24(26,27)28)19-10-17(29)14-3-2-4-16(25)22(14)35-19/h2-4,9-13H,5-8H2,1H3,(H,30,31)/t12-,13+. The molecule has 1 aliphatic carbocycles. The van der Waals surface area contributed by atoms with Crippen LogP contribution in [0.4, 0.5) is 13.2 Å². The van der Waals surface area contributed by atoms with E-state index >= 15 is 0 Å². The second-order valence-corrected chi connectivity index (χ2v) is 8.39. The summed E-state index contributed by atoms with van der Waals surface area (Å²) >= 11 is 6.16. The second-order valence-electron chi connectivity index (χ2n) is 7.99. The third kappa shape index (κ3) is 5.68. The van der Waals surface area contributed by atoms with E-state index in [1.165, 1.54) is 18.2 Å². The topological polar surface area (TPSA) is 104 Å². The lowest BCUT2D eigenvalue weighted by molar-refractivity contribution is -0.275. The van der Waals surface area contributed by atoms with Crippen LogP contribution in [0.1, 0.15) is 12.8 Å². The summed E-state index contributed by atoms with van der Waals surface area (Å²) in [5.41, 5.74) is -0.415. The zero-order valence-corrected chi connectivity index (χ0v) is 19.5. The number of methoxy groups -OCH3 is 1. The zero-order valence-electron chi connectivity index (χ0n) is 18.8. The molecule has 0 atom stereocenters. The van der Waals surface area contributed by atoms with Crippen molar-refractivity contribution in [1.29, 1.82) is 0 Å². The van der Waals surface area contributed by atoms with Crippen LogP contribution in [0.5, 0.6) is 17.2 Å². The lowest BCUT2D eigenvalue weighted by Crippen LogP contribution is -2.37. The van der Waals surface area contributed by atoms with Gasteiger partial charge >= 0.3 is 12.3 Å². The number of alkyl halides is 3. The summed E-state index contributed by atoms with van der Waals surface area (Å²) in [5.74, 6) is -2.31. The predicted octanol–water partition coefficient (Wildman–Crippen LogP) is 5.28. The van der Waals surface area contributed by atoms with Crippen LogP contribution < -0.4 is 19.6 Å². The van der Waals surface area contributed by atoms with Crippen LogP contribution in [0.3, 0.4) is 0 Å². The van der Waals surface area contributed by atoms with Gasteiger partial charge in [-0.3, -0.25) is 9.59 Å².